The molecule has 6 aromatic rings. The second-order valence-corrected chi connectivity index (χ2v) is 10.7. The number of anilines is 4. The number of pyridine rings is 1. The van der Waals surface area contributed by atoms with Gasteiger partial charge in [0, 0.05) is 40.5 Å². The molecule has 0 atom stereocenters. The van der Waals surface area contributed by atoms with Crippen LogP contribution in [0, 0.1) is 18.6 Å². The van der Waals surface area contributed by atoms with Gasteiger partial charge in [-0.05, 0) is 55.0 Å². The first-order valence-corrected chi connectivity index (χ1v) is 14.4. The van der Waals surface area contributed by atoms with Crippen LogP contribution in [0.5, 0.6) is 11.5 Å². The summed E-state index contributed by atoms with van der Waals surface area (Å²) in [6, 6.07) is 17.8. The van der Waals surface area contributed by atoms with Crippen molar-refractivity contribution in [3.8, 4) is 11.5 Å². The number of aromatic nitrogens is 3. The third-order valence-electron chi connectivity index (χ3n) is 7.49. The number of nitrogens with zero attached hydrogens (tertiary/aromatic N) is 3. The first-order valence-electron chi connectivity index (χ1n) is 14.1. The lowest BCUT2D eigenvalue weighted by molar-refractivity contribution is 0.102. The summed E-state index contributed by atoms with van der Waals surface area (Å²) in [4.78, 5) is 26.8. The summed E-state index contributed by atoms with van der Waals surface area (Å²) in [5.41, 5.74) is 2.48. The minimum Gasteiger partial charge on any atom is -0.497 e. The van der Waals surface area contributed by atoms with Crippen molar-refractivity contribution in [3.05, 3.63) is 113 Å². The maximum Gasteiger partial charge on any atom is 0.258 e. The Morgan fingerprint density at radius 2 is 1.74 bits per heavy atom. The number of carbonyl (C=O) groups is 1. The highest BCUT2D eigenvalue weighted by Gasteiger charge is 2.19. The zero-order valence-electron chi connectivity index (χ0n) is 24.9. The van der Waals surface area contributed by atoms with Gasteiger partial charge in [0.05, 0.1) is 41.7 Å². The van der Waals surface area contributed by atoms with Gasteiger partial charge in [0.2, 0.25) is 0 Å². The lowest BCUT2D eigenvalue weighted by Crippen LogP contribution is -2.15. The zero-order valence-corrected chi connectivity index (χ0v) is 25.7. The number of fused-ring (bicyclic) bond motifs is 2. The maximum atomic E-state index is 15.0. The number of carbonyl (C=O) groups excluding carboxylic acids is 1. The molecule has 0 radical (unpaired) electrons. The highest BCUT2D eigenvalue weighted by atomic mass is 35.5. The van der Waals surface area contributed by atoms with Crippen molar-refractivity contribution >= 4 is 62.2 Å². The quantitative estimate of drug-likeness (QED) is 0.146. The molecule has 0 unspecified atom stereocenters. The average Bonchev–Trinajstić information content (AvgIpc) is 3.06. The van der Waals surface area contributed by atoms with E-state index in [1.54, 1.807) is 56.8 Å². The summed E-state index contributed by atoms with van der Waals surface area (Å²) in [7, 11) is 3.13. The first kappa shape index (κ1) is 30.5. The molecular weight excluding hydrogens is 614 g/mol. The standard InChI is InChI=1S/C34H27ClF2N6O3/c1-18-7-10-23-22(11-12-38-33(23)42-27-6-4-5-26(35)29(27)37)30(18)43-34(44)25-14-20(36)13-24-31(25)40-17-41-32(24)39-16-19-8-9-21(45-2)15-28(19)46-3/h4-15,17H,16H2,1-3H3,(H,38,42)(H,43,44)(H,39,40,41). The number of nitrogens with one attached hydrogen (secondary N) is 3. The van der Waals surface area contributed by atoms with Gasteiger partial charge >= 0.3 is 0 Å². The summed E-state index contributed by atoms with van der Waals surface area (Å²) in [6.07, 6.45) is 2.86. The van der Waals surface area contributed by atoms with Crippen LogP contribution >= 0.6 is 11.6 Å². The van der Waals surface area contributed by atoms with Crippen molar-refractivity contribution in [1.82, 2.24) is 15.0 Å². The zero-order chi connectivity index (χ0) is 32.4. The molecule has 0 aliphatic carbocycles. The number of methoxy groups -OCH3 is 2. The monoisotopic (exact) mass is 640 g/mol. The molecule has 0 bridgehead atoms. The molecule has 0 fully saturated rings. The topological polar surface area (TPSA) is 110 Å². The Morgan fingerprint density at radius 1 is 0.891 bits per heavy atom. The number of hydrogen-bond donors (Lipinski definition) is 3. The molecular formula is C34H27ClF2N6O3. The highest BCUT2D eigenvalue weighted by molar-refractivity contribution is 6.31. The van der Waals surface area contributed by atoms with Gasteiger partial charge in [-0.3, -0.25) is 4.79 Å². The Bertz CT molecular complexity index is 2130. The first-order chi connectivity index (χ1) is 22.3. The number of rotatable bonds is 9. The molecule has 46 heavy (non-hydrogen) atoms. The van der Waals surface area contributed by atoms with E-state index in [4.69, 9.17) is 21.1 Å². The van der Waals surface area contributed by atoms with Crippen LogP contribution in [0.3, 0.4) is 0 Å². The number of aryl methyl sites for hydroxylation is 1. The van der Waals surface area contributed by atoms with E-state index >= 15 is 4.39 Å². The second kappa shape index (κ2) is 12.8. The molecule has 3 N–H and O–H groups in total. The third kappa shape index (κ3) is 5.92. The molecule has 4 aromatic carbocycles. The Balaban J connectivity index is 1.33. The van der Waals surface area contributed by atoms with E-state index in [2.05, 4.69) is 30.9 Å². The number of benzene rings is 4. The van der Waals surface area contributed by atoms with Crippen molar-refractivity contribution in [3.63, 3.8) is 0 Å². The number of ether oxygens (including phenoxy) is 2. The third-order valence-corrected chi connectivity index (χ3v) is 7.78. The summed E-state index contributed by atoms with van der Waals surface area (Å²) < 4.78 is 40.4. The van der Waals surface area contributed by atoms with E-state index in [1.165, 1.54) is 18.5 Å². The predicted octanol–water partition coefficient (Wildman–Crippen LogP) is 8.04. The summed E-state index contributed by atoms with van der Waals surface area (Å²) >= 11 is 5.96. The molecule has 12 heteroatoms. The molecule has 232 valence electrons. The molecule has 1 amide bonds. The average molecular weight is 641 g/mol. The Kier molecular flexibility index (Phi) is 8.49. The van der Waals surface area contributed by atoms with Gasteiger partial charge in [-0.1, -0.05) is 29.8 Å². The molecule has 0 saturated heterocycles. The van der Waals surface area contributed by atoms with E-state index in [1.807, 2.05) is 19.1 Å². The van der Waals surface area contributed by atoms with E-state index in [0.29, 0.717) is 51.5 Å². The lowest BCUT2D eigenvalue weighted by atomic mass is 10.0. The van der Waals surface area contributed by atoms with Gasteiger partial charge in [-0.25, -0.2) is 23.7 Å². The van der Waals surface area contributed by atoms with Crippen molar-refractivity contribution in [2.24, 2.45) is 0 Å². The van der Waals surface area contributed by atoms with Crippen molar-refractivity contribution in [2.45, 2.75) is 13.5 Å². The van der Waals surface area contributed by atoms with Crippen LogP contribution in [0.15, 0.2) is 79.3 Å². The maximum absolute atomic E-state index is 15.0. The summed E-state index contributed by atoms with van der Waals surface area (Å²) in [5, 5.41) is 10.7. The Labute approximate surface area is 267 Å². The fourth-order valence-corrected chi connectivity index (χ4v) is 5.34. The molecule has 0 saturated carbocycles. The van der Waals surface area contributed by atoms with Gasteiger partial charge in [0.25, 0.3) is 5.91 Å². The number of hydrogen-bond acceptors (Lipinski definition) is 8. The number of amides is 1. The van der Waals surface area contributed by atoms with Gasteiger partial charge in [0.1, 0.15) is 35.3 Å². The SMILES string of the molecule is COc1ccc(CNc2ncnc3c(C(=O)Nc4c(C)ccc5c(Nc6cccc(Cl)c6F)nccc45)cc(F)cc23)c(OC)c1. The smallest absolute Gasteiger partial charge is 0.258 e. The van der Waals surface area contributed by atoms with Gasteiger partial charge in [-0.2, -0.15) is 0 Å². The van der Waals surface area contributed by atoms with Crippen LogP contribution in [0.25, 0.3) is 21.7 Å². The molecule has 2 aromatic heterocycles. The predicted molar refractivity (Wildman–Crippen MR) is 175 cm³/mol. The van der Waals surface area contributed by atoms with Crippen LogP contribution < -0.4 is 25.4 Å². The van der Waals surface area contributed by atoms with Crippen LogP contribution in [0.1, 0.15) is 21.5 Å². The van der Waals surface area contributed by atoms with Crippen LogP contribution in [-0.2, 0) is 6.54 Å². The van der Waals surface area contributed by atoms with E-state index in [9.17, 15) is 9.18 Å². The minimum absolute atomic E-state index is 0.0206. The van der Waals surface area contributed by atoms with Crippen LogP contribution in [0.4, 0.5) is 31.8 Å². The van der Waals surface area contributed by atoms with Crippen LogP contribution in [0.2, 0.25) is 5.02 Å². The van der Waals surface area contributed by atoms with E-state index < -0.39 is 17.5 Å². The highest BCUT2D eigenvalue weighted by Crippen LogP contribution is 2.34. The Morgan fingerprint density at radius 3 is 2.54 bits per heavy atom. The summed E-state index contributed by atoms with van der Waals surface area (Å²) in [6.45, 7) is 2.14. The van der Waals surface area contributed by atoms with Gasteiger partial charge in [0.15, 0.2) is 5.82 Å². The molecule has 0 aliphatic rings. The molecule has 0 spiro atoms. The van der Waals surface area contributed by atoms with Crippen LogP contribution in [-0.4, -0.2) is 35.1 Å². The fourth-order valence-electron chi connectivity index (χ4n) is 5.16. The van der Waals surface area contributed by atoms with Gasteiger partial charge in [-0.15, -0.1) is 0 Å². The molecule has 6 rings (SSSR count). The molecule has 9 nitrogen and oxygen atoms in total. The van der Waals surface area contributed by atoms with E-state index in [-0.39, 0.29) is 21.8 Å². The van der Waals surface area contributed by atoms with Crippen molar-refractivity contribution in [1.29, 1.82) is 0 Å². The second-order valence-electron chi connectivity index (χ2n) is 10.3. The largest absolute Gasteiger partial charge is 0.497 e. The van der Waals surface area contributed by atoms with E-state index in [0.717, 1.165) is 17.2 Å². The van der Waals surface area contributed by atoms with Gasteiger partial charge < -0.3 is 25.4 Å². The normalized spacial score (nSPS) is 11.0. The van der Waals surface area contributed by atoms with Crippen molar-refractivity contribution < 1.29 is 23.0 Å². The number of halogens is 3. The molecule has 0 aliphatic heterocycles. The lowest BCUT2D eigenvalue weighted by Gasteiger charge is -2.16. The minimum atomic E-state index is -0.633. The van der Waals surface area contributed by atoms with Crippen molar-refractivity contribution in [2.75, 3.05) is 30.2 Å². The Hall–Kier alpha value is -5.55. The fraction of sp³-hybridized carbons (Fsp3) is 0.118. The summed E-state index contributed by atoms with van der Waals surface area (Å²) in [5.74, 6) is 0.134. The molecule has 2 heterocycles.